The minimum Gasteiger partial charge on any atom is -0.361 e. The third-order valence-electron chi connectivity index (χ3n) is 3.78. The van der Waals surface area contributed by atoms with Gasteiger partial charge < -0.3 is 10.6 Å². The van der Waals surface area contributed by atoms with Gasteiger partial charge in [0, 0.05) is 23.7 Å². The molecule has 3 N–H and O–H groups in total. The van der Waals surface area contributed by atoms with Crippen LogP contribution in [0.25, 0.3) is 4.85 Å². The predicted molar refractivity (Wildman–Crippen MR) is 85.6 cm³/mol. The van der Waals surface area contributed by atoms with Crippen molar-refractivity contribution < 1.29 is 5.73 Å². The first-order chi connectivity index (χ1) is 10.2. The first kappa shape index (κ1) is 13.9. The lowest BCUT2D eigenvalue weighted by Crippen LogP contribution is -2.67. The van der Waals surface area contributed by atoms with Crippen molar-refractivity contribution in [2.45, 2.75) is 19.0 Å². The fraction of sp³-hybridized carbons (Fsp3) is 0.235. The van der Waals surface area contributed by atoms with Crippen LogP contribution in [0.2, 0.25) is 5.02 Å². The zero-order valence-corrected chi connectivity index (χ0v) is 12.5. The summed E-state index contributed by atoms with van der Waals surface area (Å²) in [7, 11) is 0. The quantitative estimate of drug-likeness (QED) is 0.850. The van der Waals surface area contributed by atoms with Crippen molar-refractivity contribution in [3.63, 3.8) is 0 Å². The van der Waals surface area contributed by atoms with E-state index in [0.29, 0.717) is 11.7 Å². The number of benzene rings is 2. The van der Waals surface area contributed by atoms with Crippen LogP contribution in [0.1, 0.15) is 11.1 Å². The highest BCUT2D eigenvalue weighted by molar-refractivity contribution is 6.30. The lowest BCUT2D eigenvalue weighted by Gasteiger charge is -2.33. The molecule has 106 valence electrons. The lowest BCUT2D eigenvalue weighted by atomic mass is 9.97. The van der Waals surface area contributed by atoms with Crippen LogP contribution in [0.4, 0.5) is 11.4 Å². The Morgan fingerprint density at radius 2 is 2.14 bits per heavy atom. The Morgan fingerprint density at radius 1 is 1.29 bits per heavy atom. The van der Waals surface area contributed by atoms with E-state index >= 15 is 0 Å². The molecule has 2 aromatic rings. The number of halogens is 1. The predicted octanol–water partition coefficient (Wildman–Crippen LogP) is 3.06. The van der Waals surface area contributed by atoms with Crippen molar-refractivity contribution in [3.05, 3.63) is 70.0 Å². The normalized spacial score (nSPS) is 17.2. The van der Waals surface area contributed by atoms with E-state index in [1.165, 1.54) is 16.8 Å². The van der Waals surface area contributed by atoms with E-state index in [4.69, 9.17) is 18.2 Å². The van der Waals surface area contributed by atoms with E-state index in [2.05, 4.69) is 27.6 Å². The smallest absolute Gasteiger partial charge is 0.187 e. The summed E-state index contributed by atoms with van der Waals surface area (Å²) in [5, 5.41) is 0.763. The molecule has 0 saturated heterocycles. The van der Waals surface area contributed by atoms with Gasteiger partial charge in [-0.3, -0.25) is 0 Å². The standard InChI is InChI=1S/C17H16ClN3/c1-20-16-5-6-17-13(9-16)8-15(19)11-21(17)10-12-3-2-4-14(18)7-12/h2-7,9,15H,8,10-11,19H2/p+1. The second-order valence-corrected chi connectivity index (χ2v) is 5.94. The largest absolute Gasteiger partial charge is 0.361 e. The minimum atomic E-state index is 0.345. The number of hydrogen-bond acceptors (Lipinski definition) is 1. The Balaban J connectivity index is 1.92. The zero-order valence-electron chi connectivity index (χ0n) is 11.7. The van der Waals surface area contributed by atoms with Crippen LogP contribution in [0, 0.1) is 6.57 Å². The molecule has 1 unspecified atom stereocenters. The third-order valence-corrected chi connectivity index (χ3v) is 4.02. The average molecular weight is 299 g/mol. The maximum Gasteiger partial charge on any atom is 0.187 e. The van der Waals surface area contributed by atoms with E-state index in [1.54, 1.807) is 0 Å². The Morgan fingerprint density at radius 3 is 2.90 bits per heavy atom. The zero-order chi connectivity index (χ0) is 14.8. The second-order valence-electron chi connectivity index (χ2n) is 5.51. The summed E-state index contributed by atoms with van der Waals surface area (Å²) in [6, 6.07) is 14.2. The van der Waals surface area contributed by atoms with Gasteiger partial charge in [0.25, 0.3) is 0 Å². The molecular weight excluding hydrogens is 282 g/mol. The number of fused-ring (bicyclic) bond motifs is 1. The molecule has 0 bridgehead atoms. The molecular formula is C17H17ClN3+. The summed E-state index contributed by atoms with van der Waals surface area (Å²) in [4.78, 5) is 5.85. The van der Waals surface area contributed by atoms with Gasteiger partial charge >= 0.3 is 0 Å². The van der Waals surface area contributed by atoms with Gasteiger partial charge in [-0.25, -0.2) is 4.85 Å². The van der Waals surface area contributed by atoms with Crippen molar-refractivity contribution in [1.82, 2.24) is 0 Å². The monoisotopic (exact) mass is 298 g/mol. The summed E-state index contributed by atoms with van der Waals surface area (Å²) >= 11 is 6.07. The molecule has 3 rings (SSSR count). The first-order valence-corrected chi connectivity index (χ1v) is 7.36. The molecule has 3 nitrogen and oxygen atoms in total. The van der Waals surface area contributed by atoms with E-state index in [-0.39, 0.29) is 0 Å². The second kappa shape index (κ2) is 5.77. The van der Waals surface area contributed by atoms with Gasteiger partial charge in [0.15, 0.2) is 5.69 Å². The summed E-state index contributed by atoms with van der Waals surface area (Å²) in [6.45, 7) is 8.89. The van der Waals surface area contributed by atoms with Crippen LogP contribution in [0.5, 0.6) is 0 Å². The minimum absolute atomic E-state index is 0.345. The van der Waals surface area contributed by atoms with Crippen LogP contribution in [0.3, 0.4) is 0 Å². The van der Waals surface area contributed by atoms with Crippen LogP contribution < -0.4 is 10.6 Å². The van der Waals surface area contributed by atoms with Crippen LogP contribution in [-0.2, 0) is 13.0 Å². The Kier molecular flexibility index (Phi) is 3.83. The first-order valence-electron chi connectivity index (χ1n) is 6.98. The number of nitrogens with zero attached hydrogens (tertiary/aromatic N) is 2. The molecule has 21 heavy (non-hydrogen) atoms. The molecule has 1 aliphatic rings. The summed E-state index contributed by atoms with van der Waals surface area (Å²) in [5.41, 5.74) is 8.54. The number of rotatable bonds is 2. The molecule has 0 aromatic heterocycles. The molecule has 0 amide bonds. The number of hydrogen-bond donors (Lipinski definition) is 1. The van der Waals surface area contributed by atoms with Gasteiger partial charge in [0.2, 0.25) is 0 Å². The van der Waals surface area contributed by atoms with Crippen molar-refractivity contribution >= 4 is 23.0 Å². The molecule has 0 aliphatic carbocycles. The van der Waals surface area contributed by atoms with Crippen molar-refractivity contribution in [3.8, 4) is 0 Å². The van der Waals surface area contributed by atoms with Crippen LogP contribution in [-0.4, -0.2) is 12.6 Å². The molecule has 1 heterocycles. The van der Waals surface area contributed by atoms with Gasteiger partial charge in [-0.2, -0.15) is 0 Å². The summed E-state index contributed by atoms with van der Waals surface area (Å²) in [5.74, 6) is 0. The molecule has 4 heteroatoms. The van der Waals surface area contributed by atoms with Crippen molar-refractivity contribution in [2.75, 3.05) is 11.4 Å². The molecule has 2 aromatic carbocycles. The van der Waals surface area contributed by atoms with Gasteiger partial charge in [-0.1, -0.05) is 35.9 Å². The van der Waals surface area contributed by atoms with E-state index in [9.17, 15) is 0 Å². The number of quaternary nitrogens is 1. The van der Waals surface area contributed by atoms with Gasteiger partial charge in [-0.05, 0) is 29.3 Å². The maximum absolute atomic E-state index is 7.15. The maximum atomic E-state index is 7.15. The van der Waals surface area contributed by atoms with Crippen LogP contribution in [0.15, 0.2) is 42.5 Å². The fourth-order valence-electron chi connectivity index (χ4n) is 2.90. The van der Waals surface area contributed by atoms with Gasteiger partial charge in [-0.15, -0.1) is 0 Å². The molecule has 0 spiro atoms. The molecule has 0 radical (unpaired) electrons. The van der Waals surface area contributed by atoms with E-state index in [1.807, 2.05) is 30.3 Å². The van der Waals surface area contributed by atoms with E-state index < -0.39 is 0 Å². The highest BCUT2D eigenvalue weighted by atomic mass is 35.5. The lowest BCUT2D eigenvalue weighted by molar-refractivity contribution is -0.416. The molecule has 0 saturated carbocycles. The average Bonchev–Trinajstić information content (AvgIpc) is 2.46. The fourth-order valence-corrected chi connectivity index (χ4v) is 3.12. The highest BCUT2D eigenvalue weighted by Gasteiger charge is 2.24. The number of anilines is 1. The summed E-state index contributed by atoms with van der Waals surface area (Å²) < 4.78 is 0. The SMILES string of the molecule is [C-]#[N+]c1ccc2c(c1)CC([NH3+])CN2Cc1cccc(Cl)c1. The van der Waals surface area contributed by atoms with Gasteiger partial charge in [0.1, 0.15) is 6.04 Å². The molecule has 1 aliphatic heterocycles. The van der Waals surface area contributed by atoms with E-state index in [0.717, 1.165) is 24.5 Å². The Labute approximate surface area is 129 Å². The summed E-state index contributed by atoms with van der Waals surface area (Å²) in [6.07, 6.45) is 0.935. The van der Waals surface area contributed by atoms with Gasteiger partial charge in [0.05, 0.1) is 13.1 Å². The van der Waals surface area contributed by atoms with Crippen LogP contribution >= 0.6 is 11.6 Å². The van der Waals surface area contributed by atoms with Crippen molar-refractivity contribution in [1.29, 1.82) is 0 Å². The molecule has 1 atom stereocenters. The Hall–Kier alpha value is -2.02. The molecule has 0 fully saturated rings. The third kappa shape index (κ3) is 3.02. The van der Waals surface area contributed by atoms with Crippen molar-refractivity contribution in [2.24, 2.45) is 0 Å². The topological polar surface area (TPSA) is 35.2 Å². The highest BCUT2D eigenvalue weighted by Crippen LogP contribution is 2.31. The Bertz CT molecular complexity index is 705.